The van der Waals surface area contributed by atoms with Gasteiger partial charge in [-0.25, -0.2) is 0 Å². The number of hydrogen-bond donors (Lipinski definition) is 1. The smallest absolute Gasteiger partial charge is 0.222 e. The highest BCUT2D eigenvalue weighted by molar-refractivity contribution is 7.99. The van der Waals surface area contributed by atoms with E-state index in [1.54, 1.807) is 11.3 Å². The Morgan fingerprint density at radius 3 is 2.81 bits per heavy atom. The number of carbonyl (C=O) groups is 1. The summed E-state index contributed by atoms with van der Waals surface area (Å²) in [5.41, 5.74) is 2.13. The fourth-order valence-corrected chi connectivity index (χ4v) is 5.70. The molecule has 1 amide bonds. The lowest BCUT2D eigenvalue weighted by Gasteiger charge is -2.09. The fraction of sp³-hybridized carbons (Fsp3) is 0.316. The van der Waals surface area contributed by atoms with Crippen molar-refractivity contribution in [1.29, 1.82) is 0 Å². The zero-order valence-corrected chi connectivity index (χ0v) is 16.7. The summed E-state index contributed by atoms with van der Waals surface area (Å²) in [6.07, 6.45) is 2.17. The zero-order valence-electron chi connectivity index (χ0n) is 14.3. The van der Waals surface area contributed by atoms with E-state index >= 15 is 0 Å². The van der Waals surface area contributed by atoms with Gasteiger partial charge in [-0.05, 0) is 54.0 Å². The van der Waals surface area contributed by atoms with E-state index in [-0.39, 0.29) is 5.91 Å². The molecule has 4 nitrogen and oxygen atoms in total. The molecule has 0 radical (unpaired) electrons. The molecule has 134 valence electrons. The first-order valence-corrected chi connectivity index (χ1v) is 10.9. The van der Waals surface area contributed by atoms with E-state index in [0.29, 0.717) is 11.7 Å². The van der Waals surface area contributed by atoms with Crippen molar-refractivity contribution in [1.82, 2.24) is 10.2 Å². The van der Waals surface area contributed by atoms with Crippen LogP contribution in [-0.2, 0) is 11.2 Å². The predicted octanol–water partition coefficient (Wildman–Crippen LogP) is 5.27. The number of rotatable bonds is 4. The van der Waals surface area contributed by atoms with E-state index in [0.717, 1.165) is 37.7 Å². The Morgan fingerprint density at radius 2 is 2.12 bits per heavy atom. The quantitative estimate of drug-likeness (QED) is 0.645. The van der Waals surface area contributed by atoms with Gasteiger partial charge in [-0.1, -0.05) is 23.7 Å². The molecule has 0 spiro atoms. The first-order chi connectivity index (χ1) is 12.6. The lowest BCUT2D eigenvalue weighted by molar-refractivity contribution is -0.114. The summed E-state index contributed by atoms with van der Waals surface area (Å²) in [4.78, 5) is 12.7. The minimum absolute atomic E-state index is 0.137. The second-order valence-electron chi connectivity index (χ2n) is 6.47. The molecule has 7 heteroatoms. The zero-order chi connectivity index (χ0) is 18.1. The summed E-state index contributed by atoms with van der Waals surface area (Å²) in [6, 6.07) is 9.98. The van der Waals surface area contributed by atoms with Crippen LogP contribution in [-0.4, -0.2) is 27.6 Å². The number of halogens is 1. The highest BCUT2D eigenvalue weighted by Gasteiger charge is 2.21. The van der Waals surface area contributed by atoms with Gasteiger partial charge in [0.25, 0.3) is 0 Å². The minimum atomic E-state index is -0.137. The van der Waals surface area contributed by atoms with Gasteiger partial charge in [-0.3, -0.25) is 4.79 Å². The Morgan fingerprint density at radius 1 is 1.31 bits per heavy atom. The van der Waals surface area contributed by atoms with E-state index < -0.39 is 0 Å². The summed E-state index contributed by atoms with van der Waals surface area (Å²) < 4.78 is 0.987. The summed E-state index contributed by atoms with van der Waals surface area (Å²) in [7, 11) is 0. The normalized spacial score (nSPS) is 16.9. The molecule has 1 aliphatic rings. The van der Waals surface area contributed by atoms with Gasteiger partial charge in [0.2, 0.25) is 5.91 Å². The number of carbonyl (C=O) groups excluding carboxylic acids is 1. The summed E-state index contributed by atoms with van der Waals surface area (Å²) in [6.45, 7) is 1.49. The number of thioether (sulfide) groups is 1. The molecule has 3 aromatic rings. The van der Waals surface area contributed by atoms with Crippen molar-refractivity contribution in [3.05, 3.63) is 41.0 Å². The van der Waals surface area contributed by atoms with Crippen molar-refractivity contribution in [2.24, 2.45) is 5.92 Å². The van der Waals surface area contributed by atoms with Gasteiger partial charge in [-0.15, -0.1) is 16.4 Å². The molecule has 4 rings (SSSR count). The summed E-state index contributed by atoms with van der Waals surface area (Å²) in [5.74, 6) is 3.47. The summed E-state index contributed by atoms with van der Waals surface area (Å²) >= 11 is 9.65. The van der Waals surface area contributed by atoms with Crippen LogP contribution < -0.4 is 5.32 Å². The standard InChI is InChI=1S/C19H18ClN3OS2/c1-11(24)21-19-18-15(16(22-23-19)8-12-6-7-25-10-12)9-17(26-18)13-2-4-14(20)5-3-13/h2-5,9,12H,6-8,10H2,1H3,(H,21,23,24). The average Bonchev–Trinajstić information content (AvgIpc) is 3.27. The third-order valence-electron chi connectivity index (χ3n) is 4.46. The monoisotopic (exact) mass is 403 g/mol. The van der Waals surface area contributed by atoms with Crippen LogP contribution in [0.5, 0.6) is 0 Å². The second kappa shape index (κ2) is 7.55. The molecule has 1 atom stereocenters. The number of benzene rings is 1. The van der Waals surface area contributed by atoms with Crippen molar-refractivity contribution in [3.63, 3.8) is 0 Å². The number of amides is 1. The minimum Gasteiger partial charge on any atom is -0.308 e. The van der Waals surface area contributed by atoms with Crippen LogP contribution in [0.3, 0.4) is 0 Å². The van der Waals surface area contributed by atoms with Gasteiger partial charge in [0, 0.05) is 22.2 Å². The van der Waals surface area contributed by atoms with Gasteiger partial charge in [0.1, 0.15) is 0 Å². The maximum atomic E-state index is 11.5. The number of nitrogens with one attached hydrogen (secondary N) is 1. The molecular formula is C19H18ClN3OS2. The second-order valence-corrected chi connectivity index (χ2v) is 9.11. The number of aromatic nitrogens is 2. The van der Waals surface area contributed by atoms with E-state index in [1.807, 2.05) is 36.0 Å². The SMILES string of the molecule is CC(=O)Nc1nnc(CC2CCSC2)c2cc(-c3ccc(Cl)cc3)sc12. The molecule has 1 saturated heterocycles. The van der Waals surface area contributed by atoms with Gasteiger partial charge < -0.3 is 5.32 Å². The Bertz CT molecular complexity index is 949. The number of fused-ring (bicyclic) bond motifs is 1. The largest absolute Gasteiger partial charge is 0.308 e. The van der Waals surface area contributed by atoms with Crippen molar-refractivity contribution in [2.45, 2.75) is 19.8 Å². The first-order valence-electron chi connectivity index (χ1n) is 8.50. The average molecular weight is 404 g/mol. The van der Waals surface area contributed by atoms with Crippen LogP contribution in [0.2, 0.25) is 5.02 Å². The molecule has 0 aliphatic carbocycles. The van der Waals surface area contributed by atoms with E-state index in [9.17, 15) is 4.79 Å². The maximum absolute atomic E-state index is 11.5. The van der Waals surface area contributed by atoms with E-state index in [4.69, 9.17) is 11.6 Å². The van der Waals surface area contributed by atoms with E-state index in [1.165, 1.54) is 24.9 Å². The lowest BCUT2D eigenvalue weighted by atomic mass is 10.0. The lowest BCUT2D eigenvalue weighted by Crippen LogP contribution is -2.10. The molecule has 3 heterocycles. The Balaban J connectivity index is 1.79. The molecule has 0 saturated carbocycles. The van der Waals surface area contributed by atoms with Crippen LogP contribution >= 0.6 is 34.7 Å². The molecule has 1 unspecified atom stereocenters. The van der Waals surface area contributed by atoms with Crippen molar-refractivity contribution < 1.29 is 4.79 Å². The molecule has 2 aromatic heterocycles. The molecule has 0 bridgehead atoms. The number of thiophene rings is 1. The predicted molar refractivity (Wildman–Crippen MR) is 111 cm³/mol. The van der Waals surface area contributed by atoms with E-state index in [2.05, 4.69) is 21.6 Å². The van der Waals surface area contributed by atoms with Gasteiger partial charge in [0.05, 0.1) is 10.4 Å². The fourth-order valence-electron chi connectivity index (χ4n) is 3.16. The number of hydrogen-bond acceptors (Lipinski definition) is 5. The van der Waals surface area contributed by atoms with Crippen LogP contribution in [0.4, 0.5) is 5.82 Å². The van der Waals surface area contributed by atoms with Gasteiger partial charge in [-0.2, -0.15) is 16.9 Å². The maximum Gasteiger partial charge on any atom is 0.222 e. The molecule has 1 aromatic carbocycles. The molecule has 1 N–H and O–H groups in total. The van der Waals surface area contributed by atoms with Crippen LogP contribution in [0, 0.1) is 5.92 Å². The highest BCUT2D eigenvalue weighted by atomic mass is 35.5. The molecule has 26 heavy (non-hydrogen) atoms. The Kier molecular flexibility index (Phi) is 5.16. The van der Waals surface area contributed by atoms with Crippen LogP contribution in [0.15, 0.2) is 30.3 Å². The van der Waals surface area contributed by atoms with Crippen molar-refractivity contribution in [3.8, 4) is 10.4 Å². The number of nitrogens with zero attached hydrogens (tertiary/aromatic N) is 2. The third kappa shape index (κ3) is 3.72. The van der Waals surface area contributed by atoms with Gasteiger partial charge >= 0.3 is 0 Å². The Labute approximate surface area is 165 Å². The molecule has 1 aliphatic heterocycles. The van der Waals surface area contributed by atoms with Gasteiger partial charge in [0.15, 0.2) is 5.82 Å². The third-order valence-corrected chi connectivity index (χ3v) is 7.13. The first kappa shape index (κ1) is 17.8. The number of anilines is 1. The van der Waals surface area contributed by atoms with Crippen LogP contribution in [0.25, 0.3) is 20.5 Å². The van der Waals surface area contributed by atoms with Crippen LogP contribution in [0.1, 0.15) is 19.0 Å². The molecular weight excluding hydrogens is 386 g/mol. The topological polar surface area (TPSA) is 54.9 Å². The summed E-state index contributed by atoms with van der Waals surface area (Å²) in [5, 5.41) is 13.4. The molecule has 1 fully saturated rings. The Hall–Kier alpha value is -1.63. The highest BCUT2D eigenvalue weighted by Crippen LogP contribution is 2.39. The van der Waals surface area contributed by atoms with Crippen molar-refractivity contribution in [2.75, 3.05) is 16.8 Å². The van der Waals surface area contributed by atoms with Crippen molar-refractivity contribution >= 4 is 56.5 Å².